The van der Waals surface area contributed by atoms with Gasteiger partial charge in [0.2, 0.25) is 0 Å². The van der Waals surface area contributed by atoms with Crippen LogP contribution in [0.1, 0.15) is 105 Å². The molecule has 0 radical (unpaired) electrons. The van der Waals surface area contributed by atoms with Gasteiger partial charge in [0.25, 0.3) is 0 Å². The van der Waals surface area contributed by atoms with E-state index in [0.717, 1.165) is 55.3 Å². The van der Waals surface area contributed by atoms with Crippen molar-refractivity contribution in [3.8, 4) is 0 Å². The molecule has 1 unspecified atom stereocenters. The van der Waals surface area contributed by atoms with Gasteiger partial charge in [-0.2, -0.15) is 0 Å². The lowest BCUT2D eigenvalue weighted by molar-refractivity contribution is -0.0575. The molecule has 2 nitrogen and oxygen atoms in total. The lowest BCUT2D eigenvalue weighted by Crippen LogP contribution is -2.50. The van der Waals surface area contributed by atoms with Crippen molar-refractivity contribution in [3.63, 3.8) is 0 Å². The van der Waals surface area contributed by atoms with Gasteiger partial charge in [-0.3, -0.25) is 0 Å². The Kier molecular flexibility index (Phi) is 5.78. The first-order valence-electron chi connectivity index (χ1n) is 12.6. The van der Waals surface area contributed by atoms with Gasteiger partial charge in [0.1, 0.15) is 0 Å². The summed E-state index contributed by atoms with van der Waals surface area (Å²) >= 11 is 0. The highest BCUT2D eigenvalue weighted by molar-refractivity contribution is 5.25. The van der Waals surface area contributed by atoms with Crippen molar-refractivity contribution in [2.24, 2.45) is 40.4 Å². The topological polar surface area (TPSA) is 40.5 Å². The molecule has 0 heterocycles. The smallest absolute Gasteiger partial charge is 0.0591 e. The summed E-state index contributed by atoms with van der Waals surface area (Å²) in [5.41, 5.74) is 1.95. The molecule has 8 atom stereocenters. The van der Waals surface area contributed by atoms with Crippen molar-refractivity contribution >= 4 is 0 Å². The third-order valence-electron chi connectivity index (χ3n) is 10.3. The molecule has 0 saturated heterocycles. The average molecular weight is 403 g/mol. The number of hydrogen-bond donors (Lipinski definition) is 2. The molecule has 0 bridgehead atoms. The van der Waals surface area contributed by atoms with Crippen molar-refractivity contribution < 1.29 is 10.2 Å². The zero-order chi connectivity index (χ0) is 21.0. The number of aliphatic hydroxyl groups is 2. The molecule has 0 aromatic heterocycles. The average Bonchev–Trinajstić information content (AvgIpc) is 2.98. The van der Waals surface area contributed by atoms with Crippen LogP contribution in [0.2, 0.25) is 0 Å². The molecule has 0 aliphatic heterocycles. The van der Waals surface area contributed by atoms with E-state index in [1.807, 2.05) is 13.8 Å². The van der Waals surface area contributed by atoms with Crippen molar-refractivity contribution in [1.29, 1.82) is 0 Å². The van der Waals surface area contributed by atoms with Crippen LogP contribution in [0.3, 0.4) is 0 Å². The summed E-state index contributed by atoms with van der Waals surface area (Å²) in [6, 6.07) is 0. The Morgan fingerprint density at radius 2 is 1.86 bits per heavy atom. The van der Waals surface area contributed by atoms with Crippen molar-refractivity contribution in [1.82, 2.24) is 0 Å². The fourth-order valence-electron chi connectivity index (χ4n) is 8.67. The first-order chi connectivity index (χ1) is 13.5. The molecule has 3 fully saturated rings. The van der Waals surface area contributed by atoms with E-state index in [1.165, 1.54) is 44.9 Å². The summed E-state index contributed by atoms with van der Waals surface area (Å²) in [5, 5.41) is 20.3. The second kappa shape index (κ2) is 7.66. The summed E-state index contributed by atoms with van der Waals surface area (Å²) < 4.78 is 0. The first kappa shape index (κ1) is 21.9. The lowest BCUT2D eigenvalue weighted by atomic mass is 9.47. The van der Waals surface area contributed by atoms with Gasteiger partial charge in [0, 0.05) is 0 Å². The van der Waals surface area contributed by atoms with Gasteiger partial charge in [-0.25, -0.2) is 0 Å². The minimum Gasteiger partial charge on any atom is -0.393 e. The van der Waals surface area contributed by atoms with Crippen LogP contribution in [0, 0.1) is 40.4 Å². The minimum absolute atomic E-state index is 0.0969. The highest BCUT2D eigenvalue weighted by atomic mass is 16.3. The van der Waals surface area contributed by atoms with Gasteiger partial charge in [0.15, 0.2) is 0 Å². The molecule has 4 rings (SSSR count). The molecule has 2 heteroatoms. The predicted molar refractivity (Wildman–Crippen MR) is 121 cm³/mol. The standard InChI is InChI=1S/C27H46O2/c1-18(7-6-14-25(2,3)29)22-10-11-23-21-9-8-19-17-20(28)12-15-26(19,4)24(21)13-16-27(22,23)5/h8,18,20-24,28-29H,6-7,9-17H2,1-5H3/t18-,20+,21+,22-,23?,24+,26+,27-/m1/s1. The fourth-order valence-corrected chi connectivity index (χ4v) is 8.67. The van der Waals surface area contributed by atoms with E-state index < -0.39 is 5.60 Å². The molecule has 0 aromatic rings. The number of aliphatic hydroxyl groups excluding tert-OH is 1. The van der Waals surface area contributed by atoms with Crippen molar-refractivity contribution in [2.75, 3.05) is 0 Å². The van der Waals surface area contributed by atoms with Gasteiger partial charge in [-0.15, -0.1) is 0 Å². The van der Waals surface area contributed by atoms with Gasteiger partial charge in [0.05, 0.1) is 11.7 Å². The van der Waals surface area contributed by atoms with Crippen LogP contribution in [-0.2, 0) is 0 Å². The van der Waals surface area contributed by atoms with Crippen LogP contribution in [-0.4, -0.2) is 21.9 Å². The molecule has 0 amide bonds. The zero-order valence-corrected chi connectivity index (χ0v) is 19.7. The predicted octanol–water partition coefficient (Wildman–Crippen LogP) is 6.50. The Morgan fingerprint density at radius 3 is 2.59 bits per heavy atom. The van der Waals surface area contributed by atoms with Gasteiger partial charge < -0.3 is 10.2 Å². The van der Waals surface area contributed by atoms with E-state index in [9.17, 15) is 10.2 Å². The van der Waals surface area contributed by atoms with E-state index >= 15 is 0 Å². The third kappa shape index (κ3) is 3.86. The highest BCUT2D eigenvalue weighted by Gasteiger charge is 2.59. The normalized spacial score (nSPS) is 45.8. The monoisotopic (exact) mass is 402 g/mol. The Bertz CT molecular complexity index is 631. The molecular formula is C27H46O2. The van der Waals surface area contributed by atoms with Gasteiger partial charge in [-0.1, -0.05) is 45.3 Å². The van der Waals surface area contributed by atoms with Gasteiger partial charge in [-0.05, 0) is 112 Å². The Morgan fingerprint density at radius 1 is 1.10 bits per heavy atom. The number of rotatable bonds is 5. The van der Waals surface area contributed by atoms with E-state index in [2.05, 4.69) is 26.8 Å². The molecule has 0 spiro atoms. The Hall–Kier alpha value is -0.340. The molecule has 166 valence electrons. The van der Waals surface area contributed by atoms with Crippen LogP contribution in [0.5, 0.6) is 0 Å². The second-order valence-electron chi connectivity index (χ2n) is 12.6. The number of allylic oxidation sites excluding steroid dienone is 1. The van der Waals surface area contributed by atoms with Gasteiger partial charge >= 0.3 is 0 Å². The second-order valence-corrected chi connectivity index (χ2v) is 12.6. The maximum Gasteiger partial charge on any atom is 0.0591 e. The Labute approximate surface area is 179 Å². The van der Waals surface area contributed by atoms with Crippen LogP contribution in [0.25, 0.3) is 0 Å². The van der Waals surface area contributed by atoms with E-state index in [4.69, 9.17) is 0 Å². The Balaban J connectivity index is 1.47. The van der Waals surface area contributed by atoms with E-state index in [-0.39, 0.29) is 6.10 Å². The largest absolute Gasteiger partial charge is 0.393 e. The van der Waals surface area contributed by atoms with E-state index in [0.29, 0.717) is 10.8 Å². The number of fused-ring (bicyclic) bond motifs is 5. The molecule has 3 saturated carbocycles. The molecular weight excluding hydrogens is 356 g/mol. The van der Waals surface area contributed by atoms with Crippen molar-refractivity contribution in [3.05, 3.63) is 11.6 Å². The SMILES string of the molecule is C[C@H](CCCC(C)(C)O)[C@H]1CCC2[C@@H]3CC=C4C[C@@H](O)CC[C@]4(C)[C@H]3CC[C@@]21C. The van der Waals surface area contributed by atoms with Crippen LogP contribution < -0.4 is 0 Å². The fraction of sp³-hybridized carbons (Fsp3) is 0.926. The lowest BCUT2D eigenvalue weighted by Gasteiger charge is -2.58. The quantitative estimate of drug-likeness (QED) is 0.515. The maximum atomic E-state index is 10.2. The maximum absolute atomic E-state index is 10.2. The molecule has 0 aromatic carbocycles. The van der Waals surface area contributed by atoms with Crippen LogP contribution in [0.15, 0.2) is 11.6 Å². The molecule has 4 aliphatic carbocycles. The van der Waals surface area contributed by atoms with Crippen molar-refractivity contribution in [2.45, 2.75) is 117 Å². The zero-order valence-electron chi connectivity index (χ0n) is 19.7. The summed E-state index contributed by atoms with van der Waals surface area (Å²) in [7, 11) is 0. The van der Waals surface area contributed by atoms with E-state index in [1.54, 1.807) is 5.57 Å². The summed E-state index contributed by atoms with van der Waals surface area (Å²) in [6.07, 6.45) is 15.9. The highest BCUT2D eigenvalue weighted by Crippen LogP contribution is 2.67. The summed E-state index contributed by atoms with van der Waals surface area (Å²) in [5.74, 6) is 4.24. The first-order valence-corrected chi connectivity index (χ1v) is 12.6. The minimum atomic E-state index is -0.519. The van der Waals surface area contributed by atoms with Crippen LogP contribution in [0.4, 0.5) is 0 Å². The molecule has 29 heavy (non-hydrogen) atoms. The third-order valence-corrected chi connectivity index (χ3v) is 10.3. The molecule has 4 aliphatic rings. The number of hydrogen-bond acceptors (Lipinski definition) is 2. The van der Waals surface area contributed by atoms with Crippen LogP contribution >= 0.6 is 0 Å². The summed E-state index contributed by atoms with van der Waals surface area (Å²) in [4.78, 5) is 0. The summed E-state index contributed by atoms with van der Waals surface area (Å²) in [6.45, 7) is 11.6. The molecule has 2 N–H and O–H groups in total.